The fraction of sp³-hybridized carbons (Fsp3) is 0.0526. The van der Waals surface area contributed by atoms with Gasteiger partial charge < -0.3 is 10.1 Å². The molecule has 120 valence electrons. The average molecular weight is 339 g/mol. The number of H-pyrrole nitrogens is 1. The van der Waals surface area contributed by atoms with Crippen molar-refractivity contribution in [1.29, 1.82) is 0 Å². The smallest absolute Gasteiger partial charge is 0.328 e. The lowest BCUT2D eigenvalue weighted by atomic mass is 10.1. The van der Waals surface area contributed by atoms with Crippen LogP contribution in [0.5, 0.6) is 0 Å². The highest BCUT2D eigenvalue weighted by Gasteiger charge is 2.10. The maximum absolute atomic E-state index is 10.5. The summed E-state index contributed by atoms with van der Waals surface area (Å²) >= 11 is 6.26. The van der Waals surface area contributed by atoms with Gasteiger partial charge in [-0.25, -0.2) is 9.78 Å². The van der Waals surface area contributed by atoms with Crippen LogP contribution in [0.15, 0.2) is 60.7 Å². The van der Waals surface area contributed by atoms with E-state index in [2.05, 4.69) is 9.97 Å². The van der Waals surface area contributed by atoms with E-state index in [1.54, 1.807) is 6.08 Å². The normalized spacial score (nSPS) is 11.0. The van der Waals surface area contributed by atoms with Gasteiger partial charge in [0, 0.05) is 18.1 Å². The van der Waals surface area contributed by atoms with Crippen LogP contribution in [0.4, 0.5) is 0 Å². The van der Waals surface area contributed by atoms with Crippen molar-refractivity contribution in [2.75, 3.05) is 0 Å². The van der Waals surface area contributed by atoms with Crippen LogP contribution in [0.25, 0.3) is 17.3 Å². The topological polar surface area (TPSA) is 66.0 Å². The van der Waals surface area contributed by atoms with Gasteiger partial charge in [0.25, 0.3) is 0 Å². The minimum Gasteiger partial charge on any atom is -0.478 e. The second-order valence-corrected chi connectivity index (χ2v) is 5.68. The lowest BCUT2D eigenvalue weighted by Gasteiger charge is -1.99. The van der Waals surface area contributed by atoms with Gasteiger partial charge in [0.15, 0.2) is 0 Å². The van der Waals surface area contributed by atoms with Gasteiger partial charge in [-0.2, -0.15) is 0 Å². The summed E-state index contributed by atoms with van der Waals surface area (Å²) in [5.74, 6) is -0.176. The molecule has 2 aromatic carbocycles. The number of halogens is 1. The van der Waals surface area contributed by atoms with Gasteiger partial charge in [-0.05, 0) is 17.2 Å². The minimum absolute atomic E-state index is 0.525. The molecule has 4 nitrogen and oxygen atoms in total. The number of aromatic nitrogens is 2. The summed E-state index contributed by atoms with van der Waals surface area (Å²) in [4.78, 5) is 18.2. The summed E-state index contributed by atoms with van der Waals surface area (Å²) in [5, 5.41) is 9.16. The van der Waals surface area contributed by atoms with E-state index in [0.717, 1.165) is 34.3 Å². The summed E-state index contributed by atoms with van der Waals surface area (Å²) in [6.45, 7) is 0. The van der Waals surface area contributed by atoms with Gasteiger partial charge in [-0.15, -0.1) is 0 Å². The summed E-state index contributed by atoms with van der Waals surface area (Å²) in [7, 11) is 0. The van der Waals surface area contributed by atoms with Gasteiger partial charge in [-0.1, -0.05) is 66.2 Å². The SMILES string of the molecule is O=C(O)/C=C/c1ccc(Cc2nc(-c3ccccc3)c(Cl)[nH]2)cc1. The molecule has 3 rings (SSSR count). The quantitative estimate of drug-likeness (QED) is 0.677. The van der Waals surface area contributed by atoms with Gasteiger partial charge in [0.1, 0.15) is 16.7 Å². The fourth-order valence-electron chi connectivity index (χ4n) is 2.38. The first-order valence-corrected chi connectivity index (χ1v) is 7.79. The molecule has 1 aromatic heterocycles. The molecule has 0 saturated heterocycles. The number of hydrogen-bond acceptors (Lipinski definition) is 2. The van der Waals surface area contributed by atoms with Crippen molar-refractivity contribution >= 4 is 23.6 Å². The van der Waals surface area contributed by atoms with Gasteiger partial charge in [0.05, 0.1) is 0 Å². The molecule has 24 heavy (non-hydrogen) atoms. The number of nitrogens with one attached hydrogen (secondary N) is 1. The Morgan fingerprint density at radius 1 is 1.12 bits per heavy atom. The van der Waals surface area contributed by atoms with E-state index in [9.17, 15) is 4.79 Å². The van der Waals surface area contributed by atoms with Crippen LogP contribution in [0.1, 0.15) is 17.0 Å². The average Bonchev–Trinajstić information content (AvgIpc) is 2.95. The Morgan fingerprint density at radius 3 is 2.50 bits per heavy atom. The highest BCUT2D eigenvalue weighted by molar-refractivity contribution is 6.31. The van der Waals surface area contributed by atoms with Crippen molar-refractivity contribution in [1.82, 2.24) is 9.97 Å². The van der Waals surface area contributed by atoms with E-state index in [1.807, 2.05) is 54.6 Å². The number of rotatable bonds is 5. The van der Waals surface area contributed by atoms with E-state index >= 15 is 0 Å². The van der Waals surface area contributed by atoms with E-state index in [1.165, 1.54) is 0 Å². The molecule has 0 bridgehead atoms. The minimum atomic E-state index is -0.960. The van der Waals surface area contributed by atoms with Crippen molar-refractivity contribution in [3.8, 4) is 11.3 Å². The number of benzene rings is 2. The van der Waals surface area contributed by atoms with Gasteiger partial charge >= 0.3 is 5.97 Å². The molecular formula is C19H15ClN2O2. The molecule has 0 aliphatic rings. The number of carboxylic acids is 1. The highest BCUT2D eigenvalue weighted by Crippen LogP contribution is 2.26. The van der Waals surface area contributed by atoms with Crippen molar-refractivity contribution < 1.29 is 9.90 Å². The number of carbonyl (C=O) groups is 1. The molecule has 0 aliphatic carbocycles. The van der Waals surface area contributed by atoms with Crippen LogP contribution in [-0.4, -0.2) is 21.0 Å². The predicted octanol–water partition coefficient (Wildman–Crippen LogP) is 4.42. The van der Waals surface area contributed by atoms with Crippen LogP contribution in [-0.2, 0) is 11.2 Å². The van der Waals surface area contributed by atoms with Crippen molar-refractivity contribution in [2.24, 2.45) is 0 Å². The van der Waals surface area contributed by atoms with Crippen LogP contribution in [0, 0.1) is 0 Å². The molecule has 0 amide bonds. The number of nitrogens with zero attached hydrogens (tertiary/aromatic N) is 1. The monoisotopic (exact) mass is 338 g/mol. The predicted molar refractivity (Wildman–Crippen MR) is 95.0 cm³/mol. The number of hydrogen-bond donors (Lipinski definition) is 2. The Hall–Kier alpha value is -2.85. The zero-order valence-electron chi connectivity index (χ0n) is 12.7. The lowest BCUT2D eigenvalue weighted by molar-refractivity contribution is -0.131. The molecule has 1 heterocycles. The third-order valence-electron chi connectivity index (χ3n) is 3.53. The summed E-state index contributed by atoms with van der Waals surface area (Å²) in [6, 6.07) is 17.4. The molecule has 0 saturated carbocycles. The van der Waals surface area contributed by atoms with E-state index < -0.39 is 5.97 Å². The lowest BCUT2D eigenvalue weighted by Crippen LogP contribution is -1.91. The molecule has 0 aliphatic heterocycles. The number of aromatic amines is 1. The standard InChI is InChI=1S/C19H15ClN2O2/c20-19-18(15-4-2-1-3-5-15)21-16(22-19)12-14-8-6-13(7-9-14)10-11-17(23)24/h1-11H,12H2,(H,21,22)(H,23,24)/b11-10+. The van der Waals surface area contributed by atoms with Crippen LogP contribution in [0.2, 0.25) is 5.15 Å². The number of imidazole rings is 1. The molecule has 5 heteroatoms. The largest absolute Gasteiger partial charge is 0.478 e. The Kier molecular flexibility index (Phi) is 4.77. The van der Waals surface area contributed by atoms with Crippen molar-refractivity contribution in [3.05, 3.63) is 82.8 Å². The molecular weight excluding hydrogens is 324 g/mol. The Labute approximate surface area is 144 Å². The third-order valence-corrected chi connectivity index (χ3v) is 3.80. The second kappa shape index (κ2) is 7.15. The Balaban J connectivity index is 1.76. The summed E-state index contributed by atoms with van der Waals surface area (Å²) in [6.07, 6.45) is 3.30. The zero-order valence-corrected chi connectivity index (χ0v) is 13.5. The maximum Gasteiger partial charge on any atom is 0.328 e. The molecule has 0 atom stereocenters. The van der Waals surface area contributed by atoms with Crippen molar-refractivity contribution in [3.63, 3.8) is 0 Å². The molecule has 0 radical (unpaired) electrons. The summed E-state index contributed by atoms with van der Waals surface area (Å²) in [5.41, 5.74) is 3.61. The van der Waals surface area contributed by atoms with Crippen LogP contribution < -0.4 is 0 Å². The van der Waals surface area contributed by atoms with E-state index in [4.69, 9.17) is 16.7 Å². The number of carboxylic acid groups (broad SMARTS) is 1. The molecule has 2 N–H and O–H groups in total. The Morgan fingerprint density at radius 2 is 1.83 bits per heavy atom. The first-order valence-electron chi connectivity index (χ1n) is 7.41. The van der Waals surface area contributed by atoms with Crippen LogP contribution in [0.3, 0.4) is 0 Å². The Bertz CT molecular complexity index is 868. The molecule has 0 fully saturated rings. The highest BCUT2D eigenvalue weighted by atomic mass is 35.5. The fourth-order valence-corrected chi connectivity index (χ4v) is 2.64. The van der Waals surface area contributed by atoms with E-state index in [-0.39, 0.29) is 0 Å². The summed E-state index contributed by atoms with van der Waals surface area (Å²) < 4.78 is 0. The number of aliphatic carboxylic acids is 1. The first-order chi connectivity index (χ1) is 11.6. The molecule has 0 spiro atoms. The van der Waals surface area contributed by atoms with Gasteiger partial charge in [-0.3, -0.25) is 0 Å². The second-order valence-electron chi connectivity index (χ2n) is 5.30. The molecule has 3 aromatic rings. The van der Waals surface area contributed by atoms with E-state index in [0.29, 0.717) is 11.6 Å². The van der Waals surface area contributed by atoms with Gasteiger partial charge in [0.2, 0.25) is 0 Å². The van der Waals surface area contributed by atoms with Crippen LogP contribution >= 0.6 is 11.6 Å². The third kappa shape index (κ3) is 3.91. The molecule has 0 unspecified atom stereocenters. The zero-order chi connectivity index (χ0) is 16.9. The van der Waals surface area contributed by atoms with Crippen molar-refractivity contribution in [2.45, 2.75) is 6.42 Å². The first kappa shape index (κ1) is 16.0. The maximum atomic E-state index is 10.5.